The van der Waals surface area contributed by atoms with Crippen molar-refractivity contribution >= 4 is 16.7 Å². The zero-order valence-electron chi connectivity index (χ0n) is 12.7. The van der Waals surface area contributed by atoms with Gasteiger partial charge in [-0.1, -0.05) is 25.1 Å². The van der Waals surface area contributed by atoms with Crippen LogP contribution in [0.5, 0.6) is 5.75 Å². The van der Waals surface area contributed by atoms with Crippen LogP contribution in [-0.4, -0.2) is 26.2 Å². The fraction of sp³-hybridized carbons (Fsp3) is 0.353. The molecule has 4 heteroatoms. The van der Waals surface area contributed by atoms with E-state index in [9.17, 15) is 4.79 Å². The van der Waals surface area contributed by atoms with Gasteiger partial charge in [-0.2, -0.15) is 0 Å². The highest BCUT2D eigenvalue weighted by atomic mass is 16.5. The van der Waals surface area contributed by atoms with Gasteiger partial charge in [0.1, 0.15) is 11.8 Å². The van der Waals surface area contributed by atoms with Crippen molar-refractivity contribution in [2.75, 3.05) is 20.3 Å². The third kappa shape index (κ3) is 3.52. The van der Waals surface area contributed by atoms with Crippen molar-refractivity contribution in [2.45, 2.75) is 19.9 Å². The fourth-order valence-corrected chi connectivity index (χ4v) is 2.32. The Kier molecular flexibility index (Phi) is 5.17. The largest absolute Gasteiger partial charge is 0.497 e. The second kappa shape index (κ2) is 7.09. The Morgan fingerprint density at radius 2 is 1.86 bits per heavy atom. The van der Waals surface area contributed by atoms with Gasteiger partial charge in [0.25, 0.3) is 0 Å². The lowest BCUT2D eigenvalue weighted by atomic mass is 10.0. The predicted molar refractivity (Wildman–Crippen MR) is 83.6 cm³/mol. The van der Waals surface area contributed by atoms with Gasteiger partial charge < -0.3 is 14.8 Å². The second-order valence-electron chi connectivity index (χ2n) is 4.72. The van der Waals surface area contributed by atoms with E-state index in [1.54, 1.807) is 7.11 Å². The number of methoxy groups -OCH3 is 1. The topological polar surface area (TPSA) is 47.6 Å². The Labute approximate surface area is 125 Å². The molecule has 0 amide bonds. The Hall–Kier alpha value is -2.07. The summed E-state index contributed by atoms with van der Waals surface area (Å²) < 4.78 is 10.4. The summed E-state index contributed by atoms with van der Waals surface area (Å²) in [5.74, 6) is 0.580. The van der Waals surface area contributed by atoms with E-state index in [2.05, 4.69) is 5.32 Å². The molecule has 0 aliphatic rings. The van der Waals surface area contributed by atoms with E-state index >= 15 is 0 Å². The summed E-state index contributed by atoms with van der Waals surface area (Å²) in [6, 6.07) is 11.4. The minimum atomic E-state index is -0.429. The molecule has 1 unspecified atom stereocenters. The Balaban J connectivity index is 2.36. The number of carbonyl (C=O) groups is 1. The summed E-state index contributed by atoms with van der Waals surface area (Å²) in [5.41, 5.74) is 0.910. The minimum Gasteiger partial charge on any atom is -0.497 e. The minimum absolute atomic E-state index is 0.243. The predicted octanol–water partition coefficient (Wildman–Crippen LogP) is 3.06. The van der Waals surface area contributed by atoms with E-state index in [1.165, 1.54) is 0 Å². The van der Waals surface area contributed by atoms with Crippen LogP contribution in [-0.2, 0) is 9.53 Å². The van der Waals surface area contributed by atoms with Gasteiger partial charge in [0.05, 0.1) is 13.7 Å². The second-order valence-corrected chi connectivity index (χ2v) is 4.72. The number of esters is 1. The van der Waals surface area contributed by atoms with Crippen LogP contribution in [0.2, 0.25) is 0 Å². The van der Waals surface area contributed by atoms with E-state index in [0.717, 1.165) is 22.1 Å². The first-order chi connectivity index (χ1) is 10.2. The van der Waals surface area contributed by atoms with Gasteiger partial charge in [-0.05, 0) is 48.0 Å². The van der Waals surface area contributed by atoms with E-state index in [0.29, 0.717) is 13.2 Å². The fourth-order valence-electron chi connectivity index (χ4n) is 2.32. The molecule has 0 saturated heterocycles. The Morgan fingerprint density at radius 1 is 1.14 bits per heavy atom. The maximum atomic E-state index is 12.1. The zero-order chi connectivity index (χ0) is 15.2. The first-order valence-corrected chi connectivity index (χ1v) is 7.17. The molecule has 0 aliphatic carbocycles. The molecular weight excluding hydrogens is 266 g/mol. The van der Waals surface area contributed by atoms with Gasteiger partial charge in [0.2, 0.25) is 0 Å². The number of benzene rings is 2. The third-order valence-electron chi connectivity index (χ3n) is 3.34. The number of hydrogen-bond acceptors (Lipinski definition) is 4. The van der Waals surface area contributed by atoms with Crippen LogP contribution < -0.4 is 10.1 Å². The van der Waals surface area contributed by atoms with Gasteiger partial charge in [-0.25, -0.2) is 4.79 Å². The van der Waals surface area contributed by atoms with Crippen molar-refractivity contribution in [2.24, 2.45) is 0 Å². The van der Waals surface area contributed by atoms with Crippen molar-refractivity contribution < 1.29 is 14.3 Å². The van der Waals surface area contributed by atoms with Crippen molar-refractivity contribution in [3.8, 4) is 5.75 Å². The number of ether oxygens (including phenoxy) is 2. The van der Waals surface area contributed by atoms with E-state index in [4.69, 9.17) is 9.47 Å². The molecule has 112 valence electrons. The smallest absolute Gasteiger partial charge is 0.327 e. The molecule has 0 aromatic heterocycles. The summed E-state index contributed by atoms with van der Waals surface area (Å²) >= 11 is 0. The van der Waals surface area contributed by atoms with Crippen molar-refractivity contribution in [3.63, 3.8) is 0 Å². The average molecular weight is 287 g/mol. The average Bonchev–Trinajstić information content (AvgIpc) is 2.51. The lowest BCUT2D eigenvalue weighted by Gasteiger charge is -2.17. The molecule has 0 heterocycles. The van der Waals surface area contributed by atoms with E-state index < -0.39 is 6.04 Å². The molecule has 0 aliphatic heterocycles. The molecular formula is C17H21NO3. The third-order valence-corrected chi connectivity index (χ3v) is 3.34. The molecule has 1 N–H and O–H groups in total. The van der Waals surface area contributed by atoms with Crippen molar-refractivity contribution in [1.29, 1.82) is 0 Å². The van der Waals surface area contributed by atoms with Gasteiger partial charge in [-0.3, -0.25) is 0 Å². The summed E-state index contributed by atoms with van der Waals surface area (Å²) in [4.78, 5) is 12.1. The van der Waals surface area contributed by atoms with Crippen LogP contribution in [0.4, 0.5) is 0 Å². The first-order valence-electron chi connectivity index (χ1n) is 7.17. The van der Waals surface area contributed by atoms with Crippen LogP contribution >= 0.6 is 0 Å². The van der Waals surface area contributed by atoms with Gasteiger partial charge in [0.15, 0.2) is 0 Å². The molecule has 4 nitrogen and oxygen atoms in total. The summed E-state index contributed by atoms with van der Waals surface area (Å²) in [5, 5.41) is 5.32. The lowest BCUT2D eigenvalue weighted by molar-refractivity contribution is -0.145. The van der Waals surface area contributed by atoms with Crippen molar-refractivity contribution in [3.05, 3.63) is 42.0 Å². The summed E-state index contributed by atoms with van der Waals surface area (Å²) in [6.45, 7) is 4.86. The molecule has 2 aromatic carbocycles. The number of nitrogens with one attached hydrogen (secondary N) is 1. The summed E-state index contributed by atoms with van der Waals surface area (Å²) in [6.07, 6.45) is 0. The maximum Gasteiger partial charge on any atom is 0.327 e. The van der Waals surface area contributed by atoms with Gasteiger partial charge in [0, 0.05) is 0 Å². The molecule has 0 spiro atoms. The molecule has 21 heavy (non-hydrogen) atoms. The molecule has 0 saturated carbocycles. The highest BCUT2D eigenvalue weighted by Gasteiger charge is 2.20. The molecule has 0 bridgehead atoms. The van der Waals surface area contributed by atoms with Gasteiger partial charge in [-0.15, -0.1) is 0 Å². The highest BCUT2D eigenvalue weighted by molar-refractivity contribution is 5.86. The number of likely N-dealkylation sites (N-methyl/N-ethyl adjacent to an activating group) is 1. The number of fused-ring (bicyclic) bond motifs is 1. The molecule has 2 rings (SSSR count). The SMILES string of the molecule is CCNC(C(=O)OCC)c1ccc2cc(OC)ccc2c1. The highest BCUT2D eigenvalue weighted by Crippen LogP contribution is 2.25. The first kappa shape index (κ1) is 15.3. The molecule has 0 radical (unpaired) electrons. The zero-order valence-corrected chi connectivity index (χ0v) is 12.7. The monoisotopic (exact) mass is 287 g/mol. The van der Waals surface area contributed by atoms with E-state index in [1.807, 2.05) is 50.2 Å². The normalized spacial score (nSPS) is 12.1. The van der Waals surface area contributed by atoms with Crippen molar-refractivity contribution in [1.82, 2.24) is 5.32 Å². The number of hydrogen-bond donors (Lipinski definition) is 1. The Bertz CT molecular complexity index is 624. The van der Waals surface area contributed by atoms with Crippen LogP contribution in [0.25, 0.3) is 10.8 Å². The number of rotatable bonds is 6. The Morgan fingerprint density at radius 3 is 2.52 bits per heavy atom. The lowest BCUT2D eigenvalue weighted by Crippen LogP contribution is -2.30. The molecule has 2 aromatic rings. The van der Waals surface area contributed by atoms with E-state index in [-0.39, 0.29) is 5.97 Å². The van der Waals surface area contributed by atoms with Crippen LogP contribution in [0.1, 0.15) is 25.5 Å². The van der Waals surface area contributed by atoms with Gasteiger partial charge >= 0.3 is 5.97 Å². The maximum absolute atomic E-state index is 12.1. The standard InChI is InChI=1S/C17H21NO3/c1-4-18-16(17(19)21-5-2)14-7-6-13-11-15(20-3)9-8-12(13)10-14/h6-11,16,18H,4-5H2,1-3H3. The molecule has 0 fully saturated rings. The van der Waals surface area contributed by atoms with Crippen LogP contribution in [0.15, 0.2) is 36.4 Å². The summed E-state index contributed by atoms with van der Waals surface area (Å²) in [7, 11) is 1.65. The van der Waals surface area contributed by atoms with Crippen LogP contribution in [0.3, 0.4) is 0 Å². The number of carbonyl (C=O) groups excluding carboxylic acids is 1. The van der Waals surface area contributed by atoms with Crippen LogP contribution in [0, 0.1) is 0 Å². The molecule has 1 atom stereocenters. The quantitative estimate of drug-likeness (QED) is 0.830.